The first-order valence-electron chi connectivity index (χ1n) is 6.45. The number of rotatable bonds is 5. The molecule has 18 heavy (non-hydrogen) atoms. The summed E-state index contributed by atoms with van der Waals surface area (Å²) in [4.78, 5) is 11.9. The van der Waals surface area contributed by atoms with Gasteiger partial charge < -0.3 is 11.1 Å². The van der Waals surface area contributed by atoms with Crippen LogP contribution < -0.4 is 11.1 Å². The van der Waals surface area contributed by atoms with Gasteiger partial charge in [-0.05, 0) is 6.42 Å². The largest absolute Gasteiger partial charge is 0.330 e. The van der Waals surface area contributed by atoms with Gasteiger partial charge in [0.25, 0.3) is 0 Å². The molecule has 0 bridgehead atoms. The van der Waals surface area contributed by atoms with Crippen LogP contribution in [0.1, 0.15) is 46.2 Å². The van der Waals surface area contributed by atoms with E-state index in [0.29, 0.717) is 12.4 Å². The van der Waals surface area contributed by atoms with Gasteiger partial charge in [-0.15, -0.1) is 0 Å². The zero-order valence-electron chi connectivity index (χ0n) is 11.7. The Morgan fingerprint density at radius 2 is 2.22 bits per heavy atom. The molecule has 4 N–H and O–H groups in total. The number of H-pyrrole nitrogens is 1. The number of nitrogens with zero attached hydrogens (tertiary/aromatic N) is 1. The Morgan fingerprint density at radius 3 is 2.67 bits per heavy atom. The van der Waals surface area contributed by atoms with Gasteiger partial charge in [-0.3, -0.25) is 9.89 Å². The van der Waals surface area contributed by atoms with Crippen molar-refractivity contribution in [2.24, 2.45) is 11.7 Å². The standard InChI is InChI=1S/C13H24N4O/c1-5-6-9(8-14)12(18)15-11-7-10(16-17-11)13(2,3)4/h7,9H,5-6,8,14H2,1-4H3,(H2,15,16,17,18). The van der Waals surface area contributed by atoms with Crippen molar-refractivity contribution >= 4 is 11.7 Å². The number of nitrogens with one attached hydrogen (secondary N) is 2. The monoisotopic (exact) mass is 252 g/mol. The number of amides is 1. The molecule has 1 aromatic rings. The second-order valence-corrected chi connectivity index (χ2v) is 5.63. The van der Waals surface area contributed by atoms with E-state index in [0.717, 1.165) is 18.5 Å². The van der Waals surface area contributed by atoms with Gasteiger partial charge in [0.15, 0.2) is 5.82 Å². The number of hydrogen-bond donors (Lipinski definition) is 3. The summed E-state index contributed by atoms with van der Waals surface area (Å²) >= 11 is 0. The molecule has 0 aliphatic carbocycles. The van der Waals surface area contributed by atoms with Crippen LogP contribution in [0.15, 0.2) is 6.07 Å². The van der Waals surface area contributed by atoms with E-state index in [9.17, 15) is 4.79 Å². The Balaban J connectivity index is 2.67. The molecule has 0 saturated carbocycles. The van der Waals surface area contributed by atoms with Gasteiger partial charge in [-0.25, -0.2) is 0 Å². The molecule has 1 heterocycles. The Bertz CT molecular complexity index is 392. The number of aromatic amines is 1. The summed E-state index contributed by atoms with van der Waals surface area (Å²) in [5, 5.41) is 9.85. The molecule has 0 spiro atoms. The van der Waals surface area contributed by atoms with Gasteiger partial charge in [-0.2, -0.15) is 5.10 Å². The summed E-state index contributed by atoms with van der Waals surface area (Å²) in [7, 11) is 0. The van der Waals surface area contributed by atoms with Crippen molar-refractivity contribution in [1.29, 1.82) is 0 Å². The molecule has 1 aromatic heterocycles. The SMILES string of the molecule is CCCC(CN)C(=O)Nc1cc(C(C)(C)C)[nH]n1. The molecule has 5 heteroatoms. The van der Waals surface area contributed by atoms with E-state index in [1.807, 2.05) is 13.0 Å². The number of carbonyl (C=O) groups excluding carboxylic acids is 1. The van der Waals surface area contributed by atoms with E-state index in [2.05, 4.69) is 36.3 Å². The number of hydrogen-bond acceptors (Lipinski definition) is 3. The van der Waals surface area contributed by atoms with Crippen LogP contribution in [-0.4, -0.2) is 22.6 Å². The summed E-state index contributed by atoms with van der Waals surface area (Å²) in [5.74, 6) is 0.385. The molecular weight excluding hydrogens is 228 g/mol. The second-order valence-electron chi connectivity index (χ2n) is 5.63. The highest BCUT2D eigenvalue weighted by Crippen LogP contribution is 2.22. The van der Waals surface area contributed by atoms with E-state index in [-0.39, 0.29) is 17.2 Å². The van der Waals surface area contributed by atoms with Gasteiger partial charge in [0, 0.05) is 23.7 Å². The van der Waals surface area contributed by atoms with E-state index in [4.69, 9.17) is 5.73 Å². The molecule has 0 aliphatic heterocycles. The number of aromatic nitrogens is 2. The molecule has 1 rings (SSSR count). The van der Waals surface area contributed by atoms with Gasteiger partial charge in [-0.1, -0.05) is 34.1 Å². The average molecular weight is 252 g/mol. The lowest BCUT2D eigenvalue weighted by Gasteiger charge is -2.14. The first-order valence-corrected chi connectivity index (χ1v) is 6.45. The number of carbonyl (C=O) groups is 1. The second kappa shape index (κ2) is 6.00. The van der Waals surface area contributed by atoms with E-state index in [1.54, 1.807) is 0 Å². The lowest BCUT2D eigenvalue weighted by atomic mass is 9.92. The highest BCUT2D eigenvalue weighted by Gasteiger charge is 2.20. The van der Waals surface area contributed by atoms with Crippen LogP contribution in [-0.2, 0) is 10.2 Å². The van der Waals surface area contributed by atoms with Crippen LogP contribution in [0, 0.1) is 5.92 Å². The molecule has 102 valence electrons. The maximum absolute atomic E-state index is 11.9. The predicted octanol–water partition coefficient (Wildman–Crippen LogP) is 2.02. The summed E-state index contributed by atoms with van der Waals surface area (Å²) in [6.45, 7) is 8.68. The fourth-order valence-electron chi connectivity index (χ4n) is 1.70. The van der Waals surface area contributed by atoms with Crippen LogP contribution >= 0.6 is 0 Å². The average Bonchev–Trinajstić information content (AvgIpc) is 2.73. The maximum atomic E-state index is 11.9. The van der Waals surface area contributed by atoms with Crippen molar-refractivity contribution in [3.8, 4) is 0 Å². The minimum Gasteiger partial charge on any atom is -0.330 e. The zero-order chi connectivity index (χ0) is 13.8. The van der Waals surface area contributed by atoms with Crippen LogP contribution in [0.3, 0.4) is 0 Å². The third-order valence-electron chi connectivity index (χ3n) is 2.93. The van der Waals surface area contributed by atoms with Crippen molar-refractivity contribution in [3.63, 3.8) is 0 Å². The lowest BCUT2D eigenvalue weighted by Crippen LogP contribution is -2.29. The first kappa shape index (κ1) is 14.7. The first-order chi connectivity index (χ1) is 8.38. The van der Waals surface area contributed by atoms with E-state index >= 15 is 0 Å². The molecule has 1 amide bonds. The summed E-state index contributed by atoms with van der Waals surface area (Å²) < 4.78 is 0. The summed E-state index contributed by atoms with van der Waals surface area (Å²) in [6, 6.07) is 1.87. The third-order valence-corrected chi connectivity index (χ3v) is 2.93. The smallest absolute Gasteiger partial charge is 0.229 e. The number of anilines is 1. The Kier molecular flexibility index (Phi) is 4.90. The Hall–Kier alpha value is -1.36. The van der Waals surface area contributed by atoms with Gasteiger partial charge in [0.05, 0.1) is 5.92 Å². The molecule has 0 saturated heterocycles. The number of nitrogens with two attached hydrogens (primary N) is 1. The highest BCUT2D eigenvalue weighted by molar-refractivity contribution is 5.91. The highest BCUT2D eigenvalue weighted by atomic mass is 16.2. The van der Waals surface area contributed by atoms with Gasteiger partial charge >= 0.3 is 0 Å². The van der Waals surface area contributed by atoms with Crippen molar-refractivity contribution in [1.82, 2.24) is 10.2 Å². The van der Waals surface area contributed by atoms with E-state index in [1.165, 1.54) is 0 Å². The minimum atomic E-state index is -0.134. The van der Waals surface area contributed by atoms with Gasteiger partial charge in [0.2, 0.25) is 5.91 Å². The quantitative estimate of drug-likeness (QED) is 0.749. The Labute approximate surface area is 109 Å². The molecule has 5 nitrogen and oxygen atoms in total. The van der Waals surface area contributed by atoms with Crippen LogP contribution in [0.5, 0.6) is 0 Å². The van der Waals surface area contributed by atoms with Crippen molar-refractivity contribution in [2.75, 3.05) is 11.9 Å². The third kappa shape index (κ3) is 3.84. The predicted molar refractivity (Wildman–Crippen MR) is 73.4 cm³/mol. The zero-order valence-corrected chi connectivity index (χ0v) is 11.7. The normalized spacial score (nSPS) is 13.4. The van der Waals surface area contributed by atoms with E-state index < -0.39 is 0 Å². The topological polar surface area (TPSA) is 83.8 Å². The Morgan fingerprint density at radius 1 is 1.56 bits per heavy atom. The molecular formula is C13H24N4O. The molecule has 1 atom stereocenters. The molecule has 0 aliphatic rings. The maximum Gasteiger partial charge on any atom is 0.229 e. The molecule has 0 aromatic carbocycles. The summed E-state index contributed by atoms with van der Waals surface area (Å²) in [5.41, 5.74) is 6.59. The van der Waals surface area contributed by atoms with Crippen molar-refractivity contribution < 1.29 is 4.79 Å². The van der Waals surface area contributed by atoms with Crippen LogP contribution in [0.2, 0.25) is 0 Å². The summed E-state index contributed by atoms with van der Waals surface area (Å²) in [6.07, 6.45) is 1.75. The lowest BCUT2D eigenvalue weighted by molar-refractivity contribution is -0.119. The van der Waals surface area contributed by atoms with Gasteiger partial charge in [0.1, 0.15) is 0 Å². The van der Waals surface area contributed by atoms with Crippen LogP contribution in [0.25, 0.3) is 0 Å². The minimum absolute atomic E-state index is 0.00728. The van der Waals surface area contributed by atoms with Crippen LogP contribution in [0.4, 0.5) is 5.82 Å². The fraction of sp³-hybridized carbons (Fsp3) is 0.692. The molecule has 0 radical (unpaired) electrons. The van der Waals surface area contributed by atoms with Crippen molar-refractivity contribution in [2.45, 2.75) is 46.0 Å². The fourth-order valence-corrected chi connectivity index (χ4v) is 1.70. The van der Waals surface area contributed by atoms with Crippen molar-refractivity contribution in [3.05, 3.63) is 11.8 Å². The molecule has 1 unspecified atom stereocenters. The molecule has 0 fully saturated rings.